The number of hydrogen-bond acceptors (Lipinski definition) is 5. The molecule has 0 aromatic carbocycles. The van der Waals surface area contributed by atoms with Crippen LogP contribution in [0.4, 0.5) is 0 Å². The van der Waals surface area contributed by atoms with Crippen molar-refractivity contribution in [2.75, 3.05) is 40.0 Å². The van der Waals surface area contributed by atoms with Gasteiger partial charge in [-0.15, -0.1) is 0 Å². The summed E-state index contributed by atoms with van der Waals surface area (Å²) < 4.78 is 5.27. The molecule has 6 heteroatoms. The van der Waals surface area contributed by atoms with E-state index < -0.39 is 0 Å². The lowest BCUT2D eigenvalue weighted by Gasteiger charge is -2.22. The fourth-order valence-corrected chi connectivity index (χ4v) is 2.14. The number of hydrazine groups is 1. The molecular formula is C16H36N4O2. The summed E-state index contributed by atoms with van der Waals surface area (Å²) in [6.07, 6.45) is 4.48. The predicted molar refractivity (Wildman–Crippen MR) is 91.5 cm³/mol. The minimum atomic E-state index is 0.150. The summed E-state index contributed by atoms with van der Waals surface area (Å²) in [6, 6.07) is 0.379. The van der Waals surface area contributed by atoms with Gasteiger partial charge in [0.15, 0.2) is 0 Å². The Bertz CT molecular complexity index is 265. The van der Waals surface area contributed by atoms with Crippen molar-refractivity contribution in [2.45, 2.75) is 58.9 Å². The highest BCUT2D eigenvalue weighted by Crippen LogP contribution is 2.02. The zero-order valence-corrected chi connectivity index (χ0v) is 14.9. The number of amides is 1. The normalized spacial score (nSPS) is 12.6. The van der Waals surface area contributed by atoms with Gasteiger partial charge in [-0.1, -0.05) is 13.8 Å². The van der Waals surface area contributed by atoms with Crippen LogP contribution in [0.25, 0.3) is 0 Å². The number of ether oxygens (including phenoxy) is 1. The molecule has 3 N–H and O–H groups in total. The van der Waals surface area contributed by atoms with E-state index in [1.54, 1.807) is 0 Å². The lowest BCUT2D eigenvalue weighted by Crippen LogP contribution is -2.44. The average molecular weight is 316 g/mol. The molecular weight excluding hydrogens is 280 g/mol. The van der Waals surface area contributed by atoms with Crippen molar-refractivity contribution < 1.29 is 9.53 Å². The zero-order chi connectivity index (χ0) is 16.6. The van der Waals surface area contributed by atoms with Crippen molar-refractivity contribution in [3.63, 3.8) is 0 Å². The van der Waals surface area contributed by atoms with Crippen molar-refractivity contribution >= 4 is 5.91 Å². The van der Waals surface area contributed by atoms with E-state index in [-0.39, 0.29) is 5.91 Å². The fraction of sp³-hybridized carbons (Fsp3) is 0.938. The van der Waals surface area contributed by atoms with Crippen LogP contribution in [0, 0.1) is 0 Å². The minimum Gasteiger partial charge on any atom is -0.382 e. The van der Waals surface area contributed by atoms with Gasteiger partial charge < -0.3 is 15.4 Å². The number of rotatable bonds is 15. The summed E-state index contributed by atoms with van der Waals surface area (Å²) >= 11 is 0. The predicted octanol–water partition coefficient (Wildman–Crippen LogP) is 1.48. The van der Waals surface area contributed by atoms with Crippen LogP contribution >= 0.6 is 0 Å². The number of nitrogens with zero attached hydrogens (tertiary/aromatic N) is 1. The number of hydrogen-bond donors (Lipinski definition) is 3. The topological polar surface area (TPSA) is 65.6 Å². The first-order valence-corrected chi connectivity index (χ1v) is 8.66. The van der Waals surface area contributed by atoms with E-state index in [1.165, 1.54) is 0 Å². The molecule has 0 aliphatic carbocycles. The van der Waals surface area contributed by atoms with E-state index in [2.05, 4.69) is 29.9 Å². The molecule has 0 aliphatic rings. The van der Waals surface area contributed by atoms with Gasteiger partial charge in [0.1, 0.15) is 0 Å². The van der Waals surface area contributed by atoms with Crippen LogP contribution < -0.4 is 16.1 Å². The van der Waals surface area contributed by atoms with Crippen LogP contribution in [0.5, 0.6) is 0 Å². The lowest BCUT2D eigenvalue weighted by atomic mass is 10.1. The highest BCUT2D eigenvalue weighted by molar-refractivity contribution is 5.75. The van der Waals surface area contributed by atoms with E-state index in [1.807, 2.05) is 19.0 Å². The molecule has 0 rings (SSSR count). The molecule has 0 fully saturated rings. The Morgan fingerprint density at radius 1 is 1.23 bits per heavy atom. The van der Waals surface area contributed by atoms with Gasteiger partial charge in [0.25, 0.3) is 0 Å². The summed E-state index contributed by atoms with van der Waals surface area (Å²) in [4.78, 5) is 11.8. The van der Waals surface area contributed by atoms with Crippen molar-refractivity contribution in [3.05, 3.63) is 0 Å². The number of carbonyl (C=O) groups is 1. The molecule has 1 unspecified atom stereocenters. The van der Waals surface area contributed by atoms with Crippen LogP contribution in [-0.2, 0) is 9.53 Å². The smallest absolute Gasteiger partial charge is 0.220 e. The number of unbranched alkanes of at least 4 members (excludes halogenated alkanes) is 1. The average Bonchev–Trinajstić information content (AvgIpc) is 2.51. The van der Waals surface area contributed by atoms with Gasteiger partial charge >= 0.3 is 0 Å². The van der Waals surface area contributed by atoms with Crippen molar-refractivity contribution in [3.8, 4) is 0 Å². The second kappa shape index (κ2) is 15.2. The molecule has 132 valence electrons. The Morgan fingerprint density at radius 2 is 2.00 bits per heavy atom. The Balaban J connectivity index is 3.63. The molecule has 1 amide bonds. The zero-order valence-electron chi connectivity index (χ0n) is 14.9. The number of carbonyl (C=O) groups excluding carboxylic acids is 1. The molecule has 0 saturated heterocycles. The Kier molecular flexibility index (Phi) is 14.7. The van der Waals surface area contributed by atoms with Crippen LogP contribution in [0.1, 0.15) is 52.9 Å². The second-order valence-electron chi connectivity index (χ2n) is 5.47. The number of nitrogens with one attached hydrogen (secondary N) is 3. The molecule has 6 nitrogen and oxygen atoms in total. The van der Waals surface area contributed by atoms with Gasteiger partial charge in [-0.3, -0.25) is 10.2 Å². The maximum atomic E-state index is 11.8. The molecule has 0 aromatic heterocycles. The molecule has 0 spiro atoms. The van der Waals surface area contributed by atoms with Crippen LogP contribution in [-0.4, -0.2) is 57.0 Å². The van der Waals surface area contributed by atoms with Crippen LogP contribution in [0.3, 0.4) is 0 Å². The Hall–Kier alpha value is -0.690. The van der Waals surface area contributed by atoms with Gasteiger partial charge in [-0.05, 0) is 32.6 Å². The quantitative estimate of drug-likeness (QED) is 0.243. The molecule has 0 saturated carbocycles. The fourth-order valence-electron chi connectivity index (χ4n) is 2.14. The minimum absolute atomic E-state index is 0.150. The van der Waals surface area contributed by atoms with E-state index in [9.17, 15) is 4.79 Å². The summed E-state index contributed by atoms with van der Waals surface area (Å²) in [7, 11) is 2.01. The third-order valence-electron chi connectivity index (χ3n) is 3.50. The van der Waals surface area contributed by atoms with E-state index in [0.29, 0.717) is 12.5 Å². The van der Waals surface area contributed by atoms with Gasteiger partial charge in [0, 0.05) is 45.8 Å². The van der Waals surface area contributed by atoms with E-state index in [4.69, 9.17) is 4.74 Å². The third-order valence-corrected chi connectivity index (χ3v) is 3.50. The standard InChI is InChI=1S/C16H36N4O2/c1-5-15(18-14-20(4)19-6-2)10-11-16(21)17-12-8-9-13-22-7-3/h15,18-19H,5-14H2,1-4H3,(H,17,21). The van der Waals surface area contributed by atoms with Gasteiger partial charge in [0.05, 0.1) is 6.67 Å². The first-order chi connectivity index (χ1) is 10.6. The molecule has 0 bridgehead atoms. The van der Waals surface area contributed by atoms with Gasteiger partial charge in [-0.2, -0.15) is 0 Å². The first-order valence-electron chi connectivity index (χ1n) is 8.66. The highest BCUT2D eigenvalue weighted by Gasteiger charge is 2.09. The maximum Gasteiger partial charge on any atom is 0.220 e. The summed E-state index contributed by atoms with van der Waals surface area (Å²) in [5.74, 6) is 0.150. The highest BCUT2D eigenvalue weighted by atomic mass is 16.5. The Labute approximate surface area is 136 Å². The molecule has 22 heavy (non-hydrogen) atoms. The second-order valence-corrected chi connectivity index (χ2v) is 5.47. The van der Waals surface area contributed by atoms with Crippen molar-refractivity contribution in [1.29, 1.82) is 0 Å². The lowest BCUT2D eigenvalue weighted by molar-refractivity contribution is -0.121. The Morgan fingerprint density at radius 3 is 2.64 bits per heavy atom. The molecule has 0 aromatic rings. The summed E-state index contributed by atoms with van der Waals surface area (Å²) in [5, 5.41) is 8.47. The van der Waals surface area contributed by atoms with Crippen molar-refractivity contribution in [1.82, 2.24) is 21.1 Å². The monoisotopic (exact) mass is 316 g/mol. The molecule has 0 radical (unpaired) electrons. The van der Waals surface area contributed by atoms with Gasteiger partial charge in [0.2, 0.25) is 5.91 Å². The van der Waals surface area contributed by atoms with Crippen molar-refractivity contribution in [2.24, 2.45) is 0 Å². The molecule has 0 aliphatic heterocycles. The molecule has 0 heterocycles. The summed E-state index contributed by atoms with van der Waals surface area (Å²) in [6.45, 7) is 10.2. The van der Waals surface area contributed by atoms with Crippen LogP contribution in [0.15, 0.2) is 0 Å². The van der Waals surface area contributed by atoms with E-state index in [0.717, 1.165) is 58.7 Å². The van der Waals surface area contributed by atoms with E-state index >= 15 is 0 Å². The third kappa shape index (κ3) is 13.0. The first kappa shape index (κ1) is 21.3. The maximum absolute atomic E-state index is 11.8. The SMILES string of the molecule is CCNN(C)CNC(CC)CCC(=O)NCCCCOCC. The summed E-state index contributed by atoms with van der Waals surface area (Å²) in [5.41, 5.74) is 3.22. The van der Waals surface area contributed by atoms with Crippen LogP contribution in [0.2, 0.25) is 0 Å². The largest absolute Gasteiger partial charge is 0.382 e. The van der Waals surface area contributed by atoms with Gasteiger partial charge in [-0.25, -0.2) is 5.01 Å². The molecule has 1 atom stereocenters.